The minimum atomic E-state index is -4.52. The number of hydrogen-bond acceptors (Lipinski definition) is 4. The van der Waals surface area contributed by atoms with Gasteiger partial charge in [-0.3, -0.25) is 9.59 Å². The summed E-state index contributed by atoms with van der Waals surface area (Å²) >= 11 is 1.24. The lowest BCUT2D eigenvalue weighted by Gasteiger charge is -2.18. The first kappa shape index (κ1) is 26.8. The monoisotopic (exact) mass is 536 g/mol. The zero-order chi connectivity index (χ0) is 27.1. The van der Waals surface area contributed by atoms with E-state index in [1.165, 1.54) is 31.0 Å². The van der Waals surface area contributed by atoms with Crippen molar-refractivity contribution in [1.29, 1.82) is 0 Å². The van der Waals surface area contributed by atoms with E-state index in [4.69, 9.17) is 4.74 Å². The Morgan fingerprint density at radius 2 is 1.50 bits per heavy atom. The molecule has 4 aromatic carbocycles. The lowest BCUT2D eigenvalue weighted by molar-refractivity contribution is -0.137. The second-order valence-corrected chi connectivity index (χ2v) is 9.37. The normalized spacial score (nSPS) is 11.9. The number of rotatable bonds is 8. The molecule has 0 aliphatic carbocycles. The van der Waals surface area contributed by atoms with E-state index in [2.05, 4.69) is 10.6 Å². The van der Waals surface area contributed by atoms with E-state index in [1.807, 2.05) is 6.07 Å². The quantitative estimate of drug-likeness (QED) is 0.230. The second kappa shape index (κ2) is 11.9. The Bertz CT molecular complexity index is 1410. The average molecular weight is 537 g/mol. The highest BCUT2D eigenvalue weighted by atomic mass is 32.2. The molecule has 2 N–H and O–H groups in total. The van der Waals surface area contributed by atoms with Gasteiger partial charge in [-0.25, -0.2) is 0 Å². The number of benzene rings is 4. The maximum atomic E-state index is 13.2. The Labute approximate surface area is 222 Å². The Morgan fingerprint density at radius 3 is 2.18 bits per heavy atom. The van der Waals surface area contributed by atoms with Crippen LogP contribution in [0.25, 0.3) is 0 Å². The minimum absolute atomic E-state index is 0.0574. The largest absolute Gasteiger partial charge is 0.497 e. The van der Waals surface area contributed by atoms with Crippen molar-refractivity contribution in [3.63, 3.8) is 0 Å². The fourth-order valence-electron chi connectivity index (χ4n) is 3.60. The molecular weight excluding hydrogens is 513 g/mol. The summed E-state index contributed by atoms with van der Waals surface area (Å²) < 4.78 is 44.5. The van der Waals surface area contributed by atoms with Gasteiger partial charge in [0.1, 0.15) is 11.0 Å². The van der Waals surface area contributed by atoms with Crippen molar-refractivity contribution >= 4 is 35.0 Å². The van der Waals surface area contributed by atoms with Crippen LogP contribution in [0.3, 0.4) is 0 Å². The van der Waals surface area contributed by atoms with Crippen molar-refractivity contribution in [1.82, 2.24) is 0 Å². The molecule has 0 saturated carbocycles. The molecule has 1 unspecified atom stereocenters. The molecule has 9 heteroatoms. The van der Waals surface area contributed by atoms with Crippen LogP contribution in [-0.4, -0.2) is 18.9 Å². The molecule has 0 radical (unpaired) electrons. The van der Waals surface area contributed by atoms with Crippen LogP contribution in [0.4, 0.5) is 24.5 Å². The standard InChI is InChI=1S/C29H23F3N2O3S/c1-37-24-12-5-9-20(17-24)27(35)33-22-13-15-25(16-14-22)38-26(19-7-3-2-4-8-19)28(36)34-23-11-6-10-21(18-23)29(30,31)32/h2-18,26H,1H3,(H,33,35)(H,34,36). The molecule has 0 spiro atoms. The lowest BCUT2D eigenvalue weighted by atomic mass is 10.1. The van der Waals surface area contributed by atoms with E-state index >= 15 is 0 Å². The molecule has 194 valence electrons. The summed E-state index contributed by atoms with van der Waals surface area (Å²) in [6.07, 6.45) is -4.52. The smallest absolute Gasteiger partial charge is 0.416 e. The first-order valence-electron chi connectivity index (χ1n) is 11.5. The Kier molecular flexibility index (Phi) is 8.38. The van der Waals surface area contributed by atoms with Gasteiger partial charge in [-0.05, 0) is 66.2 Å². The Balaban J connectivity index is 1.49. The van der Waals surface area contributed by atoms with E-state index in [0.717, 1.165) is 17.0 Å². The molecule has 4 aromatic rings. The molecule has 0 saturated heterocycles. The van der Waals surface area contributed by atoms with Crippen molar-refractivity contribution in [2.24, 2.45) is 0 Å². The van der Waals surface area contributed by atoms with Crippen LogP contribution in [0.15, 0.2) is 108 Å². The van der Waals surface area contributed by atoms with Crippen molar-refractivity contribution < 1.29 is 27.5 Å². The van der Waals surface area contributed by atoms with Gasteiger partial charge in [0.15, 0.2) is 0 Å². The number of carbonyl (C=O) groups excluding carboxylic acids is 2. The third-order valence-electron chi connectivity index (χ3n) is 5.50. The topological polar surface area (TPSA) is 67.4 Å². The van der Waals surface area contributed by atoms with Gasteiger partial charge in [-0.2, -0.15) is 13.2 Å². The van der Waals surface area contributed by atoms with Crippen molar-refractivity contribution in [3.8, 4) is 5.75 Å². The van der Waals surface area contributed by atoms with Gasteiger partial charge >= 0.3 is 6.18 Å². The van der Waals surface area contributed by atoms with Crippen molar-refractivity contribution in [3.05, 3.63) is 120 Å². The SMILES string of the molecule is COc1cccc(C(=O)Nc2ccc(SC(C(=O)Nc3cccc(C(F)(F)F)c3)c3ccccc3)cc2)c1. The molecule has 0 aliphatic heterocycles. The molecule has 4 rings (SSSR count). The average Bonchev–Trinajstić information content (AvgIpc) is 2.92. The highest BCUT2D eigenvalue weighted by Gasteiger charge is 2.31. The molecule has 0 aliphatic rings. The number of anilines is 2. The second-order valence-electron chi connectivity index (χ2n) is 8.19. The van der Waals surface area contributed by atoms with Crippen LogP contribution >= 0.6 is 11.8 Å². The number of amides is 2. The summed E-state index contributed by atoms with van der Waals surface area (Å²) in [5, 5.41) is 4.70. The van der Waals surface area contributed by atoms with Crippen molar-refractivity contribution in [2.75, 3.05) is 17.7 Å². The zero-order valence-corrected chi connectivity index (χ0v) is 21.0. The number of hydrogen-bond donors (Lipinski definition) is 2. The first-order chi connectivity index (χ1) is 18.2. The van der Waals surface area contributed by atoms with Gasteiger partial charge in [-0.15, -0.1) is 11.8 Å². The molecule has 1 atom stereocenters. The van der Waals surface area contributed by atoms with Gasteiger partial charge < -0.3 is 15.4 Å². The number of thioether (sulfide) groups is 1. The molecule has 0 heterocycles. The van der Waals surface area contributed by atoms with Gasteiger partial charge in [-0.1, -0.05) is 42.5 Å². The van der Waals surface area contributed by atoms with Gasteiger partial charge in [0.25, 0.3) is 5.91 Å². The Hall–Kier alpha value is -4.24. The third-order valence-corrected chi connectivity index (χ3v) is 6.76. The number of halogens is 3. The Morgan fingerprint density at radius 1 is 0.789 bits per heavy atom. The van der Waals surface area contributed by atoms with Crippen LogP contribution in [-0.2, 0) is 11.0 Å². The molecule has 0 bridgehead atoms. The molecule has 38 heavy (non-hydrogen) atoms. The summed E-state index contributed by atoms with van der Waals surface area (Å²) in [6, 6.07) is 27.2. The summed E-state index contributed by atoms with van der Waals surface area (Å²) in [4.78, 5) is 26.5. The lowest BCUT2D eigenvalue weighted by Crippen LogP contribution is -2.19. The number of ether oxygens (including phenoxy) is 1. The predicted octanol–water partition coefficient (Wildman–Crippen LogP) is 7.44. The fourth-order valence-corrected chi connectivity index (χ4v) is 4.63. The van der Waals surface area contributed by atoms with Crippen LogP contribution in [0.5, 0.6) is 5.75 Å². The van der Waals surface area contributed by atoms with E-state index < -0.39 is 22.9 Å². The van der Waals surface area contributed by atoms with Gasteiger partial charge in [0.2, 0.25) is 5.91 Å². The highest BCUT2D eigenvalue weighted by molar-refractivity contribution is 8.00. The summed E-state index contributed by atoms with van der Waals surface area (Å²) in [5.74, 6) is -0.192. The van der Waals surface area contributed by atoms with Gasteiger partial charge in [0, 0.05) is 21.8 Å². The molecular formula is C29H23F3N2O3S. The predicted molar refractivity (Wildman–Crippen MR) is 143 cm³/mol. The third kappa shape index (κ3) is 6.95. The minimum Gasteiger partial charge on any atom is -0.497 e. The number of methoxy groups -OCH3 is 1. The molecule has 0 aromatic heterocycles. The first-order valence-corrected chi connectivity index (χ1v) is 12.4. The fraction of sp³-hybridized carbons (Fsp3) is 0.103. The van der Waals surface area contributed by atoms with Crippen LogP contribution in [0.2, 0.25) is 0 Å². The van der Waals surface area contributed by atoms with Crippen molar-refractivity contribution in [2.45, 2.75) is 16.3 Å². The highest BCUT2D eigenvalue weighted by Crippen LogP contribution is 2.37. The van der Waals surface area contributed by atoms with E-state index in [0.29, 0.717) is 22.6 Å². The summed E-state index contributed by atoms with van der Waals surface area (Å²) in [5.41, 5.74) is 0.912. The van der Waals surface area contributed by atoms with E-state index in [9.17, 15) is 22.8 Å². The maximum absolute atomic E-state index is 13.2. The molecule has 5 nitrogen and oxygen atoms in total. The van der Waals surface area contributed by atoms with Crippen LogP contribution < -0.4 is 15.4 Å². The van der Waals surface area contributed by atoms with Crippen LogP contribution in [0.1, 0.15) is 26.7 Å². The zero-order valence-electron chi connectivity index (χ0n) is 20.2. The van der Waals surface area contributed by atoms with Gasteiger partial charge in [0.05, 0.1) is 12.7 Å². The number of nitrogens with one attached hydrogen (secondary N) is 2. The van der Waals surface area contributed by atoms with Crippen LogP contribution in [0, 0.1) is 0 Å². The van der Waals surface area contributed by atoms with E-state index in [1.54, 1.807) is 72.8 Å². The molecule has 0 fully saturated rings. The molecule has 2 amide bonds. The summed E-state index contributed by atoms with van der Waals surface area (Å²) in [7, 11) is 1.52. The summed E-state index contributed by atoms with van der Waals surface area (Å²) in [6.45, 7) is 0. The number of alkyl halides is 3. The number of carbonyl (C=O) groups is 2. The maximum Gasteiger partial charge on any atom is 0.416 e. The van der Waals surface area contributed by atoms with E-state index in [-0.39, 0.29) is 11.6 Å².